The van der Waals surface area contributed by atoms with Crippen LogP contribution in [0, 0.1) is 17.0 Å². The molecule has 4 rings (SSSR count). The van der Waals surface area contributed by atoms with Gasteiger partial charge in [-0.05, 0) is 42.8 Å². The van der Waals surface area contributed by atoms with Crippen LogP contribution in [0.25, 0.3) is 10.2 Å². The van der Waals surface area contributed by atoms with E-state index in [-0.39, 0.29) is 18.1 Å². The molecule has 4 aromatic rings. The third-order valence-electron chi connectivity index (χ3n) is 4.61. The average molecular weight is 423 g/mol. The maximum absolute atomic E-state index is 13.3. The molecule has 0 N–H and O–H groups in total. The predicted molar refractivity (Wildman–Crippen MR) is 113 cm³/mol. The Labute approximate surface area is 175 Å². The highest BCUT2D eigenvalue weighted by molar-refractivity contribution is 7.22. The highest BCUT2D eigenvalue weighted by atomic mass is 32.1. The van der Waals surface area contributed by atoms with Crippen molar-refractivity contribution in [2.24, 2.45) is 0 Å². The number of rotatable bonds is 6. The van der Waals surface area contributed by atoms with Crippen LogP contribution in [0.15, 0.2) is 59.2 Å². The van der Waals surface area contributed by atoms with Crippen molar-refractivity contribution in [1.82, 2.24) is 4.98 Å². The topological polar surface area (TPSA) is 98.7 Å². The lowest BCUT2D eigenvalue weighted by atomic mass is 10.2. The van der Waals surface area contributed by atoms with E-state index < -0.39 is 4.92 Å². The number of aromatic nitrogens is 1. The van der Waals surface area contributed by atoms with Crippen molar-refractivity contribution in [3.8, 4) is 5.75 Å². The number of furan rings is 1. The van der Waals surface area contributed by atoms with Crippen LogP contribution in [-0.2, 0) is 6.54 Å². The molecule has 0 aliphatic heterocycles. The number of aryl methyl sites for hydroxylation is 1. The van der Waals surface area contributed by atoms with E-state index in [1.807, 2.05) is 19.1 Å². The predicted octanol–water partition coefficient (Wildman–Crippen LogP) is 4.96. The lowest BCUT2D eigenvalue weighted by molar-refractivity contribution is -0.384. The number of carbonyl (C=O) groups is 1. The maximum atomic E-state index is 13.3. The quantitative estimate of drug-likeness (QED) is 0.321. The molecule has 0 fully saturated rings. The SMILES string of the molecule is COc1ccc(C)c2sc(N(Cc3ccco3)C(=O)c3ccc([N+](=O)[O-])cc3)nc12. The van der Waals surface area contributed by atoms with Gasteiger partial charge in [0.2, 0.25) is 0 Å². The van der Waals surface area contributed by atoms with Gasteiger partial charge in [0.05, 0.1) is 29.5 Å². The third kappa shape index (κ3) is 3.62. The second-order valence-electron chi connectivity index (χ2n) is 6.53. The molecule has 0 unspecified atom stereocenters. The summed E-state index contributed by atoms with van der Waals surface area (Å²) in [5.74, 6) is 0.879. The molecule has 2 aromatic carbocycles. The van der Waals surface area contributed by atoms with E-state index in [0.717, 1.165) is 10.3 Å². The molecule has 0 saturated carbocycles. The molecule has 0 bridgehead atoms. The number of anilines is 1. The standard InChI is InChI=1S/C21H17N3O5S/c1-13-5-10-17(28-2)18-19(13)30-21(22-18)23(12-16-4-3-11-29-16)20(25)14-6-8-15(9-7-14)24(26)27/h3-11H,12H2,1-2H3. The molecule has 0 spiro atoms. The fourth-order valence-corrected chi connectivity index (χ4v) is 4.09. The number of nitrogens with zero attached hydrogens (tertiary/aromatic N) is 3. The van der Waals surface area contributed by atoms with Crippen LogP contribution >= 0.6 is 11.3 Å². The zero-order chi connectivity index (χ0) is 21.3. The van der Waals surface area contributed by atoms with Crippen LogP contribution in [0.2, 0.25) is 0 Å². The van der Waals surface area contributed by atoms with Gasteiger partial charge in [-0.3, -0.25) is 19.8 Å². The minimum Gasteiger partial charge on any atom is -0.494 e. The van der Waals surface area contributed by atoms with Gasteiger partial charge >= 0.3 is 0 Å². The second kappa shape index (κ2) is 7.96. The van der Waals surface area contributed by atoms with Gasteiger partial charge in [0.1, 0.15) is 17.0 Å². The van der Waals surface area contributed by atoms with Crippen molar-refractivity contribution >= 4 is 38.3 Å². The molecule has 1 amide bonds. The Morgan fingerprint density at radius 3 is 2.63 bits per heavy atom. The van der Waals surface area contributed by atoms with E-state index in [1.165, 1.54) is 46.8 Å². The summed E-state index contributed by atoms with van der Waals surface area (Å²) in [7, 11) is 1.58. The maximum Gasteiger partial charge on any atom is 0.269 e. The van der Waals surface area contributed by atoms with Crippen molar-refractivity contribution < 1.29 is 18.9 Å². The minimum absolute atomic E-state index is 0.0792. The Morgan fingerprint density at radius 1 is 1.23 bits per heavy atom. The van der Waals surface area contributed by atoms with Crippen LogP contribution < -0.4 is 9.64 Å². The Morgan fingerprint density at radius 2 is 2.00 bits per heavy atom. The molecule has 2 aromatic heterocycles. The van der Waals surface area contributed by atoms with Gasteiger partial charge in [-0.1, -0.05) is 17.4 Å². The van der Waals surface area contributed by atoms with E-state index >= 15 is 0 Å². The molecule has 0 atom stereocenters. The van der Waals surface area contributed by atoms with Crippen LogP contribution in [0.5, 0.6) is 5.75 Å². The number of amides is 1. The molecular weight excluding hydrogens is 406 g/mol. The first-order valence-corrected chi connectivity index (χ1v) is 9.82. The van der Waals surface area contributed by atoms with Gasteiger partial charge in [-0.2, -0.15) is 0 Å². The Balaban J connectivity index is 1.78. The first-order chi connectivity index (χ1) is 14.5. The second-order valence-corrected chi connectivity index (χ2v) is 7.51. The average Bonchev–Trinajstić information content (AvgIpc) is 3.42. The molecule has 9 heteroatoms. The zero-order valence-corrected chi connectivity index (χ0v) is 17.0. The van der Waals surface area contributed by atoms with E-state index in [1.54, 1.807) is 19.2 Å². The van der Waals surface area contributed by atoms with E-state index in [2.05, 4.69) is 4.98 Å². The highest BCUT2D eigenvalue weighted by Gasteiger charge is 2.24. The smallest absolute Gasteiger partial charge is 0.269 e. The first kappa shape index (κ1) is 19.6. The number of hydrogen-bond donors (Lipinski definition) is 0. The Hall–Kier alpha value is -3.72. The number of carbonyl (C=O) groups excluding carboxylic acids is 1. The number of nitro groups is 1. The largest absolute Gasteiger partial charge is 0.494 e. The number of benzene rings is 2. The number of nitro benzene ring substituents is 1. The minimum atomic E-state index is -0.503. The first-order valence-electron chi connectivity index (χ1n) is 9.00. The molecule has 0 saturated heterocycles. The molecule has 0 radical (unpaired) electrons. The van der Waals surface area contributed by atoms with Crippen molar-refractivity contribution in [3.05, 3.63) is 81.8 Å². The van der Waals surface area contributed by atoms with Crippen molar-refractivity contribution in [1.29, 1.82) is 0 Å². The molecule has 0 aliphatic rings. The zero-order valence-electron chi connectivity index (χ0n) is 16.2. The molecule has 2 heterocycles. The number of hydrogen-bond acceptors (Lipinski definition) is 7. The number of methoxy groups -OCH3 is 1. The van der Waals surface area contributed by atoms with E-state index in [9.17, 15) is 14.9 Å². The number of fused-ring (bicyclic) bond motifs is 1. The normalized spacial score (nSPS) is 10.9. The summed E-state index contributed by atoms with van der Waals surface area (Å²) in [5.41, 5.74) is 1.94. The lowest BCUT2D eigenvalue weighted by Gasteiger charge is -2.18. The van der Waals surface area contributed by atoms with Gasteiger partial charge < -0.3 is 9.15 Å². The highest BCUT2D eigenvalue weighted by Crippen LogP contribution is 2.37. The summed E-state index contributed by atoms with van der Waals surface area (Å²) < 4.78 is 11.8. The summed E-state index contributed by atoms with van der Waals surface area (Å²) in [4.78, 5) is 29.9. The molecular formula is C21H17N3O5S. The van der Waals surface area contributed by atoms with Crippen LogP contribution in [0.1, 0.15) is 21.7 Å². The van der Waals surface area contributed by atoms with Crippen LogP contribution in [-0.4, -0.2) is 22.9 Å². The summed E-state index contributed by atoms with van der Waals surface area (Å²) in [6.07, 6.45) is 1.54. The van der Waals surface area contributed by atoms with Crippen LogP contribution in [0.3, 0.4) is 0 Å². The number of non-ortho nitro benzene ring substituents is 1. The monoisotopic (exact) mass is 423 g/mol. The van der Waals surface area contributed by atoms with E-state index in [4.69, 9.17) is 9.15 Å². The van der Waals surface area contributed by atoms with Crippen molar-refractivity contribution in [2.45, 2.75) is 13.5 Å². The van der Waals surface area contributed by atoms with Gasteiger partial charge in [0.15, 0.2) is 5.13 Å². The number of ether oxygens (including phenoxy) is 1. The summed E-state index contributed by atoms with van der Waals surface area (Å²) in [6, 6.07) is 12.8. The molecule has 30 heavy (non-hydrogen) atoms. The molecule has 152 valence electrons. The Kier molecular flexibility index (Phi) is 5.20. The number of thiazole rings is 1. The summed E-state index contributed by atoms with van der Waals surface area (Å²) >= 11 is 1.38. The Bertz CT molecular complexity index is 1220. The summed E-state index contributed by atoms with van der Waals surface area (Å²) in [5, 5.41) is 11.4. The fourth-order valence-electron chi connectivity index (χ4n) is 3.04. The van der Waals surface area contributed by atoms with Gasteiger partial charge in [-0.15, -0.1) is 0 Å². The third-order valence-corrected chi connectivity index (χ3v) is 5.82. The fraction of sp³-hybridized carbons (Fsp3) is 0.143. The summed E-state index contributed by atoms with van der Waals surface area (Å²) in [6.45, 7) is 2.14. The van der Waals surface area contributed by atoms with Gasteiger partial charge in [0.25, 0.3) is 11.6 Å². The van der Waals surface area contributed by atoms with Crippen molar-refractivity contribution in [2.75, 3.05) is 12.0 Å². The molecule has 8 nitrogen and oxygen atoms in total. The van der Waals surface area contributed by atoms with E-state index in [0.29, 0.717) is 27.7 Å². The van der Waals surface area contributed by atoms with Gasteiger partial charge in [0, 0.05) is 17.7 Å². The van der Waals surface area contributed by atoms with Gasteiger partial charge in [-0.25, -0.2) is 4.98 Å². The van der Waals surface area contributed by atoms with Crippen molar-refractivity contribution in [3.63, 3.8) is 0 Å². The van der Waals surface area contributed by atoms with Crippen LogP contribution in [0.4, 0.5) is 10.8 Å². The lowest BCUT2D eigenvalue weighted by Crippen LogP contribution is -2.30. The molecule has 0 aliphatic carbocycles.